The normalized spacial score (nSPS) is 12.2. The van der Waals surface area contributed by atoms with Crippen LogP contribution in [0.1, 0.15) is 26.5 Å². The molecule has 1 heterocycles. The molecule has 1 N–H and O–H groups in total. The lowest BCUT2D eigenvalue weighted by Gasteiger charge is -2.18. The number of ether oxygens (including phenoxy) is 1. The number of amides is 1. The first-order chi connectivity index (χ1) is 8.79. The maximum atomic E-state index is 11.8. The van der Waals surface area contributed by atoms with E-state index in [0.29, 0.717) is 11.8 Å². The van der Waals surface area contributed by atoms with Crippen LogP contribution in [0.5, 0.6) is 5.88 Å². The van der Waals surface area contributed by atoms with Gasteiger partial charge in [-0.15, -0.1) is 0 Å². The van der Waals surface area contributed by atoms with Gasteiger partial charge in [-0.2, -0.15) is 4.98 Å². The molecule has 0 saturated carbocycles. The number of nitrogens with one attached hydrogen (secondary N) is 1. The van der Waals surface area contributed by atoms with Crippen LogP contribution in [0.15, 0.2) is 6.07 Å². The number of aryl methyl sites for hydroxylation is 1. The van der Waals surface area contributed by atoms with Gasteiger partial charge in [-0.1, -0.05) is 0 Å². The van der Waals surface area contributed by atoms with Crippen LogP contribution in [0.4, 0.5) is 5.95 Å². The van der Waals surface area contributed by atoms with Crippen molar-refractivity contribution in [3.8, 4) is 5.88 Å². The summed E-state index contributed by atoms with van der Waals surface area (Å²) in [5, 5.41) is 2.98. The lowest BCUT2D eigenvalue weighted by Crippen LogP contribution is -2.37. The molecule has 0 radical (unpaired) electrons. The van der Waals surface area contributed by atoms with Crippen molar-refractivity contribution in [1.82, 2.24) is 14.9 Å². The Morgan fingerprint density at radius 2 is 1.95 bits per heavy atom. The number of likely N-dealkylation sites (N-methyl/N-ethyl adjacent to an activating group) is 1. The second-order valence-electron chi connectivity index (χ2n) is 4.94. The van der Waals surface area contributed by atoms with Crippen LogP contribution < -0.4 is 10.1 Å². The number of rotatable bonds is 5. The third-order valence-corrected chi connectivity index (χ3v) is 2.34. The summed E-state index contributed by atoms with van der Waals surface area (Å²) in [6, 6.07) is 1.38. The zero-order valence-corrected chi connectivity index (χ0v) is 12.4. The van der Waals surface area contributed by atoms with Crippen LogP contribution in [-0.2, 0) is 4.79 Å². The standard InChI is InChI=1S/C13H22N4O2/c1-8(2)19-11-7-9(3)14-13(16-11)15-10(4)12(18)17(5)6/h7-8,10H,1-6H3,(H,14,15,16). The van der Waals surface area contributed by atoms with Crippen molar-refractivity contribution in [3.63, 3.8) is 0 Å². The predicted octanol–water partition coefficient (Wildman–Crippen LogP) is 1.46. The molecule has 0 fully saturated rings. The van der Waals surface area contributed by atoms with Crippen LogP contribution in [0.2, 0.25) is 0 Å². The van der Waals surface area contributed by atoms with Crippen LogP contribution >= 0.6 is 0 Å². The molecule has 1 rings (SSSR count). The fourth-order valence-electron chi connectivity index (χ4n) is 1.55. The molecular formula is C13H22N4O2. The molecule has 0 aliphatic heterocycles. The van der Waals surface area contributed by atoms with Gasteiger partial charge in [-0.25, -0.2) is 4.98 Å². The van der Waals surface area contributed by atoms with E-state index in [2.05, 4.69) is 15.3 Å². The lowest BCUT2D eigenvalue weighted by molar-refractivity contribution is -0.129. The Kier molecular flexibility index (Phi) is 5.09. The van der Waals surface area contributed by atoms with E-state index >= 15 is 0 Å². The fourth-order valence-corrected chi connectivity index (χ4v) is 1.55. The Balaban J connectivity index is 2.83. The van der Waals surface area contributed by atoms with E-state index in [1.807, 2.05) is 20.8 Å². The molecule has 19 heavy (non-hydrogen) atoms. The minimum atomic E-state index is -0.385. The quantitative estimate of drug-likeness (QED) is 0.874. The summed E-state index contributed by atoms with van der Waals surface area (Å²) >= 11 is 0. The number of hydrogen-bond acceptors (Lipinski definition) is 5. The summed E-state index contributed by atoms with van der Waals surface area (Å²) in [4.78, 5) is 21.8. The number of nitrogens with zero attached hydrogens (tertiary/aromatic N) is 3. The number of aromatic nitrogens is 2. The molecule has 6 heteroatoms. The molecule has 1 aromatic heterocycles. The van der Waals surface area contributed by atoms with Crippen molar-refractivity contribution in [2.75, 3.05) is 19.4 Å². The van der Waals surface area contributed by atoms with E-state index in [-0.39, 0.29) is 18.1 Å². The molecule has 1 aromatic rings. The summed E-state index contributed by atoms with van der Waals surface area (Å²) in [6.07, 6.45) is 0.0444. The summed E-state index contributed by atoms with van der Waals surface area (Å²) in [5.41, 5.74) is 0.789. The first-order valence-electron chi connectivity index (χ1n) is 6.29. The molecule has 0 bridgehead atoms. The van der Waals surface area contributed by atoms with Gasteiger partial charge in [0, 0.05) is 25.9 Å². The molecule has 1 atom stereocenters. The van der Waals surface area contributed by atoms with Crippen LogP contribution in [0.3, 0.4) is 0 Å². The Morgan fingerprint density at radius 1 is 1.32 bits per heavy atom. The highest BCUT2D eigenvalue weighted by molar-refractivity contribution is 5.83. The van der Waals surface area contributed by atoms with Gasteiger partial charge in [-0.3, -0.25) is 4.79 Å². The smallest absolute Gasteiger partial charge is 0.244 e. The lowest BCUT2D eigenvalue weighted by atomic mass is 10.3. The van der Waals surface area contributed by atoms with Gasteiger partial charge in [0.25, 0.3) is 0 Å². The highest BCUT2D eigenvalue weighted by Crippen LogP contribution is 2.14. The van der Waals surface area contributed by atoms with E-state index < -0.39 is 0 Å². The SMILES string of the molecule is Cc1cc(OC(C)C)nc(NC(C)C(=O)N(C)C)n1. The summed E-state index contributed by atoms with van der Waals surface area (Å²) in [7, 11) is 3.43. The van der Waals surface area contributed by atoms with Crippen LogP contribution in [0.25, 0.3) is 0 Å². The predicted molar refractivity (Wildman–Crippen MR) is 74.3 cm³/mol. The van der Waals surface area contributed by atoms with Crippen LogP contribution in [-0.4, -0.2) is 47.0 Å². The molecule has 0 saturated heterocycles. The average Bonchev–Trinajstić information content (AvgIpc) is 2.25. The van der Waals surface area contributed by atoms with E-state index in [4.69, 9.17) is 4.74 Å². The number of carbonyl (C=O) groups excluding carboxylic acids is 1. The van der Waals surface area contributed by atoms with E-state index in [1.54, 1.807) is 27.1 Å². The van der Waals surface area contributed by atoms with Gasteiger partial charge in [0.15, 0.2) is 0 Å². The summed E-state index contributed by atoms with van der Waals surface area (Å²) < 4.78 is 5.54. The third-order valence-electron chi connectivity index (χ3n) is 2.34. The van der Waals surface area contributed by atoms with E-state index in [1.165, 1.54) is 4.90 Å². The molecule has 6 nitrogen and oxygen atoms in total. The van der Waals surface area contributed by atoms with Gasteiger partial charge in [0.05, 0.1) is 6.10 Å². The number of carbonyl (C=O) groups is 1. The Morgan fingerprint density at radius 3 is 2.47 bits per heavy atom. The Labute approximate surface area is 114 Å². The molecule has 0 aromatic carbocycles. The topological polar surface area (TPSA) is 67.3 Å². The third kappa shape index (κ3) is 4.73. The maximum Gasteiger partial charge on any atom is 0.244 e. The van der Waals surface area contributed by atoms with Gasteiger partial charge < -0.3 is 15.0 Å². The monoisotopic (exact) mass is 266 g/mol. The highest BCUT2D eigenvalue weighted by atomic mass is 16.5. The Hall–Kier alpha value is -1.85. The molecule has 0 aliphatic carbocycles. The van der Waals surface area contributed by atoms with Crippen molar-refractivity contribution >= 4 is 11.9 Å². The van der Waals surface area contributed by atoms with E-state index in [0.717, 1.165) is 5.69 Å². The average molecular weight is 266 g/mol. The van der Waals surface area contributed by atoms with Crippen LogP contribution in [0, 0.1) is 6.92 Å². The fraction of sp³-hybridized carbons (Fsp3) is 0.615. The molecule has 1 unspecified atom stereocenters. The van der Waals surface area contributed by atoms with Gasteiger partial charge >= 0.3 is 0 Å². The molecular weight excluding hydrogens is 244 g/mol. The zero-order chi connectivity index (χ0) is 14.6. The maximum absolute atomic E-state index is 11.8. The molecule has 1 amide bonds. The molecule has 0 spiro atoms. The first-order valence-corrected chi connectivity index (χ1v) is 6.29. The van der Waals surface area contributed by atoms with Crippen molar-refractivity contribution in [3.05, 3.63) is 11.8 Å². The zero-order valence-electron chi connectivity index (χ0n) is 12.4. The van der Waals surface area contributed by atoms with Crippen molar-refractivity contribution in [2.45, 2.75) is 39.8 Å². The minimum absolute atomic E-state index is 0.0311. The second-order valence-corrected chi connectivity index (χ2v) is 4.94. The summed E-state index contributed by atoms with van der Waals surface area (Å²) in [5.74, 6) is 0.879. The molecule has 106 valence electrons. The van der Waals surface area contributed by atoms with Crippen molar-refractivity contribution < 1.29 is 9.53 Å². The largest absolute Gasteiger partial charge is 0.475 e. The van der Waals surface area contributed by atoms with Crippen molar-refractivity contribution in [2.24, 2.45) is 0 Å². The number of anilines is 1. The Bertz CT molecular complexity index is 446. The minimum Gasteiger partial charge on any atom is -0.475 e. The summed E-state index contributed by atoms with van der Waals surface area (Å²) in [6.45, 7) is 7.50. The van der Waals surface area contributed by atoms with Gasteiger partial charge in [0.1, 0.15) is 6.04 Å². The van der Waals surface area contributed by atoms with Gasteiger partial charge in [0.2, 0.25) is 17.7 Å². The molecule has 0 aliphatic rings. The van der Waals surface area contributed by atoms with Gasteiger partial charge in [-0.05, 0) is 27.7 Å². The van der Waals surface area contributed by atoms with E-state index in [9.17, 15) is 4.79 Å². The van der Waals surface area contributed by atoms with Crippen molar-refractivity contribution in [1.29, 1.82) is 0 Å². The second kappa shape index (κ2) is 6.36. The number of hydrogen-bond donors (Lipinski definition) is 1. The highest BCUT2D eigenvalue weighted by Gasteiger charge is 2.16. The first kappa shape index (κ1) is 15.2.